The normalized spacial score (nSPS) is 19.6. The third-order valence-electron chi connectivity index (χ3n) is 6.27. The molecule has 1 fully saturated rings. The summed E-state index contributed by atoms with van der Waals surface area (Å²) in [6.45, 7) is 10.3. The summed E-state index contributed by atoms with van der Waals surface area (Å²) in [6, 6.07) is 4.91. The highest BCUT2D eigenvalue weighted by Crippen LogP contribution is 2.46. The van der Waals surface area contributed by atoms with Crippen molar-refractivity contribution < 1.29 is 23.1 Å². The number of carbonyl (C=O) groups is 2. The van der Waals surface area contributed by atoms with Crippen LogP contribution in [0.4, 0.5) is 13.6 Å². The van der Waals surface area contributed by atoms with E-state index in [1.165, 1.54) is 13.2 Å². The number of ether oxygens (including phenoxy) is 1. The van der Waals surface area contributed by atoms with Crippen LogP contribution in [-0.2, 0) is 15.6 Å². The third kappa shape index (κ3) is 3.88. The van der Waals surface area contributed by atoms with Crippen molar-refractivity contribution in [1.82, 2.24) is 5.32 Å². The van der Waals surface area contributed by atoms with Gasteiger partial charge in [0, 0.05) is 16.4 Å². The van der Waals surface area contributed by atoms with Gasteiger partial charge in [0.25, 0.3) is 11.1 Å². The maximum Gasteiger partial charge on any atom is 0.290 e. The van der Waals surface area contributed by atoms with Gasteiger partial charge in [-0.1, -0.05) is 45.9 Å². The Labute approximate surface area is 196 Å². The molecule has 4 rings (SSSR count). The molecule has 7 heteroatoms. The van der Waals surface area contributed by atoms with E-state index >= 15 is 8.78 Å². The second kappa shape index (κ2) is 7.83. The van der Waals surface area contributed by atoms with E-state index < -0.39 is 22.8 Å². The molecule has 2 aromatic carbocycles. The lowest BCUT2D eigenvalue weighted by atomic mass is 9.67. The van der Waals surface area contributed by atoms with Crippen molar-refractivity contribution in [1.29, 1.82) is 0 Å². The summed E-state index contributed by atoms with van der Waals surface area (Å²) in [4.78, 5) is 23.4. The number of hydrogen-bond donors (Lipinski definition) is 1. The van der Waals surface area contributed by atoms with Crippen LogP contribution in [-0.4, -0.2) is 18.3 Å². The number of benzene rings is 2. The number of thioether (sulfide) groups is 1. The summed E-state index contributed by atoms with van der Waals surface area (Å²) >= 11 is 0.649. The Morgan fingerprint density at radius 2 is 1.61 bits per heavy atom. The number of nitrogens with one attached hydrogen (secondary N) is 1. The van der Waals surface area contributed by atoms with Gasteiger partial charge in [-0.2, -0.15) is 0 Å². The van der Waals surface area contributed by atoms with Crippen LogP contribution in [0.25, 0.3) is 17.2 Å². The molecule has 0 radical (unpaired) electrons. The molecule has 0 spiro atoms. The molecule has 2 aromatic rings. The van der Waals surface area contributed by atoms with E-state index in [1.54, 1.807) is 0 Å². The molecule has 0 atom stereocenters. The minimum Gasteiger partial charge on any atom is -0.493 e. The van der Waals surface area contributed by atoms with E-state index in [0.29, 0.717) is 17.3 Å². The quantitative estimate of drug-likeness (QED) is 0.418. The van der Waals surface area contributed by atoms with E-state index in [9.17, 15) is 9.59 Å². The summed E-state index contributed by atoms with van der Waals surface area (Å²) in [5.41, 5.74) is 2.81. The lowest BCUT2D eigenvalue weighted by Crippen LogP contribution is -2.29. The molecular weight excluding hydrogens is 444 g/mol. The number of carbonyl (C=O) groups excluding carboxylic acids is 2. The van der Waals surface area contributed by atoms with Crippen molar-refractivity contribution in [3.63, 3.8) is 0 Å². The van der Waals surface area contributed by atoms with Gasteiger partial charge < -0.3 is 4.74 Å². The van der Waals surface area contributed by atoms with Gasteiger partial charge in [-0.3, -0.25) is 14.9 Å². The van der Waals surface area contributed by atoms with Crippen LogP contribution in [0.2, 0.25) is 0 Å². The van der Waals surface area contributed by atoms with E-state index in [2.05, 4.69) is 45.2 Å². The van der Waals surface area contributed by atoms with Crippen molar-refractivity contribution in [3.8, 4) is 16.9 Å². The summed E-state index contributed by atoms with van der Waals surface area (Å²) in [6.07, 6.45) is 5.50. The molecular formula is C26H25F2NO3S. The first-order valence-corrected chi connectivity index (χ1v) is 11.3. The zero-order chi connectivity index (χ0) is 24.3. The average Bonchev–Trinajstić information content (AvgIpc) is 3.04. The van der Waals surface area contributed by atoms with Gasteiger partial charge in [0.2, 0.25) is 0 Å². The first-order valence-electron chi connectivity index (χ1n) is 10.5. The van der Waals surface area contributed by atoms with Crippen LogP contribution in [0.5, 0.6) is 5.75 Å². The van der Waals surface area contributed by atoms with Gasteiger partial charge in [-0.25, -0.2) is 8.78 Å². The molecule has 4 nitrogen and oxygen atoms in total. The average molecular weight is 470 g/mol. The van der Waals surface area contributed by atoms with Gasteiger partial charge in [0.15, 0.2) is 11.6 Å². The fourth-order valence-electron chi connectivity index (χ4n) is 4.38. The SMILES string of the molecule is COc1c(F)cc(C=C2SC(=O)NC2=O)c(F)c1-c1cc2c(cc1C)C(C)(C)C=CC2(C)C. The van der Waals surface area contributed by atoms with E-state index in [0.717, 1.165) is 22.8 Å². The Hall–Kier alpha value is -2.93. The minimum atomic E-state index is -0.757. The van der Waals surface area contributed by atoms with E-state index in [-0.39, 0.29) is 32.6 Å². The number of fused-ring (bicyclic) bond motifs is 1. The van der Waals surface area contributed by atoms with Crippen LogP contribution < -0.4 is 10.1 Å². The summed E-state index contributed by atoms with van der Waals surface area (Å²) < 4.78 is 36.2. The molecule has 0 saturated carbocycles. The van der Waals surface area contributed by atoms with Gasteiger partial charge in [-0.05, 0) is 59.1 Å². The van der Waals surface area contributed by atoms with Crippen LogP contribution in [0, 0.1) is 18.6 Å². The number of rotatable bonds is 3. The molecule has 1 N–H and O–H groups in total. The van der Waals surface area contributed by atoms with Crippen LogP contribution in [0.1, 0.15) is 49.9 Å². The highest BCUT2D eigenvalue weighted by molar-refractivity contribution is 8.18. The molecule has 0 unspecified atom stereocenters. The molecule has 2 aliphatic rings. The number of methoxy groups -OCH3 is 1. The van der Waals surface area contributed by atoms with E-state index in [4.69, 9.17) is 4.74 Å². The molecule has 172 valence electrons. The summed E-state index contributed by atoms with van der Waals surface area (Å²) in [7, 11) is 1.29. The molecule has 1 aliphatic heterocycles. The van der Waals surface area contributed by atoms with Crippen molar-refractivity contribution in [3.05, 3.63) is 69.1 Å². The van der Waals surface area contributed by atoms with Crippen LogP contribution in [0.3, 0.4) is 0 Å². The monoisotopic (exact) mass is 469 g/mol. The largest absolute Gasteiger partial charge is 0.493 e. The number of aryl methyl sites for hydroxylation is 1. The lowest BCUT2D eigenvalue weighted by Gasteiger charge is -2.37. The van der Waals surface area contributed by atoms with Gasteiger partial charge in [0.1, 0.15) is 5.82 Å². The fourth-order valence-corrected chi connectivity index (χ4v) is 5.05. The molecule has 0 bridgehead atoms. The smallest absolute Gasteiger partial charge is 0.290 e. The summed E-state index contributed by atoms with van der Waals surface area (Å²) in [5, 5.41) is 1.57. The minimum absolute atomic E-state index is 0.00426. The number of halogens is 2. The standard InChI is InChI=1S/C26H25F2NO3S/c1-13-9-16-17(26(4,5)8-7-25(16,2)3)12-15(13)20-21(28)14(10-18(27)22(20)32-6)11-19-23(30)29-24(31)33-19/h7-12H,1-6H3,(H,29,30,31). The number of imide groups is 1. The molecule has 1 saturated heterocycles. The van der Waals surface area contributed by atoms with Gasteiger partial charge >= 0.3 is 0 Å². The van der Waals surface area contributed by atoms with Crippen molar-refractivity contribution in [2.45, 2.75) is 45.4 Å². The summed E-state index contributed by atoms with van der Waals surface area (Å²) in [5.74, 6) is -2.32. The van der Waals surface area contributed by atoms with Crippen molar-refractivity contribution in [2.24, 2.45) is 0 Å². The second-order valence-corrected chi connectivity index (χ2v) is 10.5. The van der Waals surface area contributed by atoms with Crippen molar-refractivity contribution >= 4 is 29.0 Å². The molecule has 0 aromatic heterocycles. The fraction of sp³-hybridized carbons (Fsp3) is 0.308. The Morgan fingerprint density at radius 1 is 1.00 bits per heavy atom. The van der Waals surface area contributed by atoms with E-state index in [1.807, 2.05) is 19.1 Å². The zero-order valence-electron chi connectivity index (χ0n) is 19.4. The number of hydrogen-bond acceptors (Lipinski definition) is 4. The molecule has 1 heterocycles. The maximum absolute atomic E-state index is 15.9. The first kappa shape index (κ1) is 23.2. The number of allylic oxidation sites excluding steroid dienone is 2. The topological polar surface area (TPSA) is 55.4 Å². The zero-order valence-corrected chi connectivity index (χ0v) is 20.2. The lowest BCUT2D eigenvalue weighted by molar-refractivity contribution is -0.115. The molecule has 2 amide bonds. The molecule has 1 aliphatic carbocycles. The van der Waals surface area contributed by atoms with Crippen LogP contribution in [0.15, 0.2) is 35.3 Å². The first-order chi connectivity index (χ1) is 15.4. The predicted octanol–water partition coefficient (Wildman–Crippen LogP) is 6.40. The number of amides is 2. The third-order valence-corrected chi connectivity index (χ3v) is 7.08. The predicted molar refractivity (Wildman–Crippen MR) is 127 cm³/mol. The van der Waals surface area contributed by atoms with Gasteiger partial charge in [-0.15, -0.1) is 0 Å². The Kier molecular flexibility index (Phi) is 5.52. The Morgan fingerprint density at radius 3 is 2.15 bits per heavy atom. The second-order valence-electron chi connectivity index (χ2n) is 9.51. The highest BCUT2D eigenvalue weighted by Gasteiger charge is 2.34. The molecule has 33 heavy (non-hydrogen) atoms. The Bertz CT molecular complexity index is 1280. The van der Waals surface area contributed by atoms with Crippen LogP contribution >= 0.6 is 11.8 Å². The Balaban J connectivity index is 1.99. The van der Waals surface area contributed by atoms with Gasteiger partial charge in [0.05, 0.1) is 17.6 Å². The van der Waals surface area contributed by atoms with Crippen molar-refractivity contribution in [2.75, 3.05) is 7.11 Å². The maximum atomic E-state index is 15.9. The highest BCUT2D eigenvalue weighted by atomic mass is 32.2.